The number of aromatic nitrogens is 1. The Morgan fingerprint density at radius 3 is 2.42 bits per heavy atom. The molecule has 6 heteroatoms. The van der Waals surface area contributed by atoms with Crippen molar-refractivity contribution in [2.75, 3.05) is 5.32 Å². The molecule has 0 spiro atoms. The fourth-order valence-electron chi connectivity index (χ4n) is 4.91. The van der Waals surface area contributed by atoms with Crippen LogP contribution in [0.3, 0.4) is 0 Å². The lowest BCUT2D eigenvalue weighted by molar-refractivity contribution is -0.154. The number of ether oxygens (including phenoxy) is 1. The SMILES string of the molecule is Cc1ccc(C(NC(=O)Cc2ccc3[nH]cc(CCC(=O)OC(C)(C)C)c3c2)c2ccccc2)c(NC(C)C)c1. The second kappa shape index (κ2) is 12.4. The van der Waals surface area contributed by atoms with Gasteiger partial charge < -0.3 is 20.4 Å². The third kappa shape index (κ3) is 7.75. The molecule has 1 heterocycles. The van der Waals surface area contributed by atoms with Gasteiger partial charge in [-0.05, 0) is 88.4 Å². The summed E-state index contributed by atoms with van der Waals surface area (Å²) in [4.78, 5) is 29.0. The molecule has 0 aliphatic heterocycles. The molecule has 0 fully saturated rings. The zero-order chi connectivity index (χ0) is 28.9. The van der Waals surface area contributed by atoms with Gasteiger partial charge in [-0.2, -0.15) is 0 Å². The van der Waals surface area contributed by atoms with E-state index in [9.17, 15) is 9.59 Å². The standard InChI is InChI=1S/C34H41N3O3/c1-22(2)36-30-18-23(3)12-15-27(30)33(25-10-8-7-9-11-25)37-31(38)20-24-13-16-29-28(19-24)26(21-35-29)14-17-32(39)40-34(4,5)6/h7-13,15-16,18-19,21-22,33,35-36H,14,17,20H2,1-6H3,(H,37,38). The Hall–Kier alpha value is -4.06. The normalized spacial score (nSPS) is 12.4. The Labute approximate surface area is 237 Å². The van der Waals surface area contributed by atoms with Gasteiger partial charge in [0, 0.05) is 40.8 Å². The molecule has 0 radical (unpaired) electrons. The van der Waals surface area contributed by atoms with Crippen molar-refractivity contribution in [1.82, 2.24) is 10.3 Å². The van der Waals surface area contributed by atoms with Crippen molar-refractivity contribution in [3.63, 3.8) is 0 Å². The lowest BCUT2D eigenvalue weighted by atomic mass is 9.95. The maximum Gasteiger partial charge on any atom is 0.306 e. The number of hydrogen-bond donors (Lipinski definition) is 3. The van der Waals surface area contributed by atoms with Gasteiger partial charge in [0.2, 0.25) is 5.91 Å². The van der Waals surface area contributed by atoms with Crippen LogP contribution in [0, 0.1) is 6.92 Å². The number of carbonyl (C=O) groups excluding carboxylic acids is 2. The van der Waals surface area contributed by atoms with E-state index in [-0.39, 0.29) is 30.4 Å². The molecule has 0 saturated heterocycles. The quantitative estimate of drug-likeness (QED) is 0.189. The third-order valence-electron chi connectivity index (χ3n) is 6.62. The average molecular weight is 540 g/mol. The molecule has 3 N–H and O–H groups in total. The van der Waals surface area contributed by atoms with E-state index >= 15 is 0 Å². The number of aryl methyl sites for hydroxylation is 2. The predicted molar refractivity (Wildman–Crippen MR) is 163 cm³/mol. The first-order chi connectivity index (χ1) is 19.0. The molecule has 0 aliphatic rings. The average Bonchev–Trinajstić information content (AvgIpc) is 3.28. The van der Waals surface area contributed by atoms with Crippen molar-refractivity contribution < 1.29 is 14.3 Å². The number of aromatic amines is 1. The van der Waals surface area contributed by atoms with Crippen molar-refractivity contribution in [3.8, 4) is 0 Å². The highest BCUT2D eigenvalue weighted by Crippen LogP contribution is 2.30. The van der Waals surface area contributed by atoms with Crippen LogP contribution in [0.2, 0.25) is 0 Å². The van der Waals surface area contributed by atoms with Gasteiger partial charge in [0.05, 0.1) is 12.5 Å². The van der Waals surface area contributed by atoms with Gasteiger partial charge >= 0.3 is 5.97 Å². The minimum Gasteiger partial charge on any atom is -0.460 e. The van der Waals surface area contributed by atoms with Gasteiger partial charge in [0.1, 0.15) is 5.60 Å². The monoisotopic (exact) mass is 539 g/mol. The number of amides is 1. The van der Waals surface area contributed by atoms with Gasteiger partial charge in [0.15, 0.2) is 0 Å². The Kier molecular flexibility index (Phi) is 8.98. The van der Waals surface area contributed by atoms with Crippen molar-refractivity contribution in [2.24, 2.45) is 0 Å². The highest BCUT2D eigenvalue weighted by Gasteiger charge is 2.21. The van der Waals surface area contributed by atoms with Crippen LogP contribution in [-0.2, 0) is 27.2 Å². The first kappa shape index (κ1) is 28.9. The van der Waals surface area contributed by atoms with Crippen molar-refractivity contribution in [2.45, 2.75) is 78.5 Å². The van der Waals surface area contributed by atoms with Crippen LogP contribution in [-0.4, -0.2) is 28.5 Å². The molecule has 210 valence electrons. The van der Waals surface area contributed by atoms with Crippen LogP contribution in [0.1, 0.15) is 74.9 Å². The Bertz CT molecular complexity index is 1470. The number of carbonyl (C=O) groups is 2. The van der Waals surface area contributed by atoms with E-state index in [1.165, 1.54) is 0 Å². The second-order valence-electron chi connectivity index (χ2n) is 11.8. The van der Waals surface area contributed by atoms with E-state index in [4.69, 9.17) is 4.74 Å². The highest BCUT2D eigenvalue weighted by atomic mass is 16.6. The first-order valence-corrected chi connectivity index (χ1v) is 14.0. The summed E-state index contributed by atoms with van der Waals surface area (Å²) in [6.07, 6.45) is 3.05. The van der Waals surface area contributed by atoms with Crippen LogP contribution in [0.25, 0.3) is 10.9 Å². The number of nitrogens with one attached hydrogen (secondary N) is 3. The smallest absolute Gasteiger partial charge is 0.306 e. The molecule has 40 heavy (non-hydrogen) atoms. The lowest BCUT2D eigenvalue weighted by Crippen LogP contribution is -2.31. The summed E-state index contributed by atoms with van der Waals surface area (Å²) in [6, 6.07) is 22.4. The molecule has 4 aromatic rings. The fourth-order valence-corrected chi connectivity index (χ4v) is 4.91. The molecule has 0 saturated carbocycles. The third-order valence-corrected chi connectivity index (χ3v) is 6.62. The molecule has 4 rings (SSSR count). The minimum absolute atomic E-state index is 0.0601. The second-order valence-corrected chi connectivity index (χ2v) is 11.8. The zero-order valence-electron chi connectivity index (χ0n) is 24.4. The van der Waals surface area contributed by atoms with Gasteiger partial charge in [-0.1, -0.05) is 48.5 Å². The summed E-state index contributed by atoms with van der Waals surface area (Å²) in [5, 5.41) is 7.88. The molecule has 1 atom stereocenters. The van der Waals surface area contributed by atoms with Crippen LogP contribution >= 0.6 is 0 Å². The van der Waals surface area contributed by atoms with E-state index < -0.39 is 5.60 Å². The van der Waals surface area contributed by atoms with E-state index in [1.807, 2.05) is 75.5 Å². The van der Waals surface area contributed by atoms with E-state index in [0.29, 0.717) is 12.8 Å². The van der Waals surface area contributed by atoms with Crippen molar-refractivity contribution in [3.05, 3.63) is 101 Å². The van der Waals surface area contributed by atoms with Crippen LogP contribution in [0.4, 0.5) is 5.69 Å². The number of anilines is 1. The molecule has 1 aromatic heterocycles. The topological polar surface area (TPSA) is 83.2 Å². The first-order valence-electron chi connectivity index (χ1n) is 14.0. The lowest BCUT2D eigenvalue weighted by Gasteiger charge is -2.24. The Morgan fingerprint density at radius 1 is 0.975 bits per heavy atom. The van der Waals surface area contributed by atoms with E-state index in [2.05, 4.69) is 54.6 Å². The van der Waals surface area contributed by atoms with Gasteiger partial charge in [-0.25, -0.2) is 0 Å². The molecular formula is C34H41N3O3. The number of fused-ring (bicyclic) bond motifs is 1. The highest BCUT2D eigenvalue weighted by molar-refractivity contribution is 5.87. The summed E-state index contributed by atoms with van der Waals surface area (Å²) in [5.41, 5.74) is 6.67. The predicted octanol–water partition coefficient (Wildman–Crippen LogP) is 7.02. The largest absolute Gasteiger partial charge is 0.460 e. The molecule has 0 bridgehead atoms. The zero-order valence-corrected chi connectivity index (χ0v) is 24.4. The van der Waals surface area contributed by atoms with E-state index in [0.717, 1.165) is 44.4 Å². The van der Waals surface area contributed by atoms with Crippen LogP contribution < -0.4 is 10.6 Å². The van der Waals surface area contributed by atoms with Crippen molar-refractivity contribution >= 4 is 28.5 Å². The summed E-state index contributed by atoms with van der Waals surface area (Å²) in [5.74, 6) is -0.276. The molecule has 1 unspecified atom stereocenters. The Balaban J connectivity index is 1.54. The summed E-state index contributed by atoms with van der Waals surface area (Å²) in [6.45, 7) is 11.9. The Morgan fingerprint density at radius 2 is 1.73 bits per heavy atom. The van der Waals surface area contributed by atoms with Gasteiger partial charge in [-0.15, -0.1) is 0 Å². The summed E-state index contributed by atoms with van der Waals surface area (Å²) >= 11 is 0. The maximum absolute atomic E-state index is 13.5. The van der Waals surface area contributed by atoms with Crippen molar-refractivity contribution in [1.29, 1.82) is 0 Å². The molecule has 1 amide bonds. The van der Waals surface area contributed by atoms with Gasteiger partial charge in [0.25, 0.3) is 0 Å². The summed E-state index contributed by atoms with van der Waals surface area (Å²) < 4.78 is 5.46. The minimum atomic E-state index is -0.500. The number of esters is 1. The molecule has 6 nitrogen and oxygen atoms in total. The molecule has 3 aromatic carbocycles. The maximum atomic E-state index is 13.5. The molecular weight excluding hydrogens is 498 g/mol. The summed E-state index contributed by atoms with van der Waals surface area (Å²) in [7, 11) is 0. The number of hydrogen-bond acceptors (Lipinski definition) is 4. The molecule has 0 aliphatic carbocycles. The fraction of sp³-hybridized carbons (Fsp3) is 0.353. The number of benzene rings is 3. The van der Waals surface area contributed by atoms with Crippen LogP contribution in [0.15, 0.2) is 72.9 Å². The van der Waals surface area contributed by atoms with Crippen LogP contribution in [0.5, 0.6) is 0 Å². The number of H-pyrrole nitrogens is 1. The van der Waals surface area contributed by atoms with E-state index in [1.54, 1.807) is 0 Å². The number of rotatable bonds is 10. The van der Waals surface area contributed by atoms with Gasteiger partial charge in [-0.3, -0.25) is 9.59 Å².